The number of nitrogens with two attached hydrogens (primary N) is 1. The van der Waals surface area contributed by atoms with E-state index in [9.17, 15) is 0 Å². The van der Waals surface area contributed by atoms with E-state index in [0.717, 1.165) is 10.2 Å². The number of rotatable bonds is 3. The lowest BCUT2D eigenvalue weighted by atomic mass is 9.79. The monoisotopic (exact) mass is 255 g/mol. The highest BCUT2D eigenvalue weighted by atomic mass is 79.9. The molecular formula is C10H14BrN3. The zero-order valence-corrected chi connectivity index (χ0v) is 9.50. The molecule has 0 bridgehead atoms. The van der Waals surface area contributed by atoms with Gasteiger partial charge in [-0.25, -0.2) is 0 Å². The maximum Gasteiger partial charge on any atom is 0.0660 e. The Balaban J connectivity index is 2.14. The number of halogens is 1. The predicted molar refractivity (Wildman–Crippen MR) is 59.3 cm³/mol. The minimum atomic E-state index is 0.219. The molecule has 0 spiro atoms. The molecule has 1 fully saturated rings. The molecule has 1 heterocycles. The van der Waals surface area contributed by atoms with Crippen molar-refractivity contribution in [2.75, 3.05) is 0 Å². The topological polar surface area (TPSA) is 50.9 Å². The summed E-state index contributed by atoms with van der Waals surface area (Å²) in [5.74, 6) is 6.21. The Morgan fingerprint density at radius 3 is 2.71 bits per heavy atom. The van der Waals surface area contributed by atoms with Crippen molar-refractivity contribution in [2.24, 2.45) is 11.8 Å². The molecule has 1 aliphatic rings. The van der Waals surface area contributed by atoms with Gasteiger partial charge in [-0.2, -0.15) is 0 Å². The normalized spacial score (nSPS) is 19.0. The largest absolute Gasteiger partial charge is 0.271 e. The third-order valence-electron chi connectivity index (χ3n) is 2.87. The first-order valence-corrected chi connectivity index (χ1v) is 5.68. The Labute approximate surface area is 92.2 Å². The molecule has 0 saturated heterocycles. The highest BCUT2D eigenvalue weighted by Gasteiger charge is 2.28. The van der Waals surface area contributed by atoms with Crippen LogP contribution in [0.5, 0.6) is 0 Å². The van der Waals surface area contributed by atoms with Gasteiger partial charge in [0.1, 0.15) is 0 Å². The highest BCUT2D eigenvalue weighted by Crippen LogP contribution is 2.36. The number of hydrogen-bond donors (Lipinski definition) is 2. The summed E-state index contributed by atoms with van der Waals surface area (Å²) in [6.07, 6.45) is 5.65. The quantitative estimate of drug-likeness (QED) is 0.643. The van der Waals surface area contributed by atoms with Crippen LogP contribution in [0.3, 0.4) is 0 Å². The van der Waals surface area contributed by atoms with Gasteiger partial charge in [0.2, 0.25) is 0 Å². The third-order valence-corrected chi connectivity index (χ3v) is 3.34. The van der Waals surface area contributed by atoms with E-state index in [0.29, 0.717) is 5.92 Å². The van der Waals surface area contributed by atoms with E-state index >= 15 is 0 Å². The molecule has 1 saturated carbocycles. The van der Waals surface area contributed by atoms with Crippen LogP contribution in [-0.4, -0.2) is 4.98 Å². The van der Waals surface area contributed by atoms with Crippen molar-refractivity contribution in [1.29, 1.82) is 0 Å². The molecule has 0 radical (unpaired) electrons. The minimum absolute atomic E-state index is 0.219. The summed E-state index contributed by atoms with van der Waals surface area (Å²) in [7, 11) is 0. The van der Waals surface area contributed by atoms with E-state index in [1.165, 1.54) is 19.3 Å². The molecule has 76 valence electrons. The summed E-state index contributed by atoms with van der Waals surface area (Å²) in [6.45, 7) is 0. The summed E-state index contributed by atoms with van der Waals surface area (Å²) >= 11 is 3.37. The van der Waals surface area contributed by atoms with Crippen molar-refractivity contribution in [2.45, 2.75) is 25.3 Å². The van der Waals surface area contributed by atoms with Gasteiger partial charge in [0.15, 0.2) is 0 Å². The van der Waals surface area contributed by atoms with E-state index < -0.39 is 0 Å². The Kier molecular flexibility index (Phi) is 3.15. The summed E-state index contributed by atoms with van der Waals surface area (Å²) in [5, 5.41) is 0. The average molecular weight is 256 g/mol. The Hall–Kier alpha value is -0.450. The lowest BCUT2D eigenvalue weighted by Gasteiger charge is -2.32. The Morgan fingerprint density at radius 1 is 1.50 bits per heavy atom. The van der Waals surface area contributed by atoms with Gasteiger partial charge in [0.05, 0.1) is 11.7 Å². The van der Waals surface area contributed by atoms with Gasteiger partial charge in [-0.1, -0.05) is 6.42 Å². The number of pyridine rings is 1. The second kappa shape index (κ2) is 4.38. The molecule has 4 heteroatoms. The van der Waals surface area contributed by atoms with Gasteiger partial charge < -0.3 is 0 Å². The minimum Gasteiger partial charge on any atom is -0.271 e. The lowest BCUT2D eigenvalue weighted by molar-refractivity contribution is 0.228. The second-order valence-corrected chi connectivity index (χ2v) is 4.65. The standard InChI is InChI=1S/C10H14BrN3/c11-8-4-5-9(13-6-8)10(14-12)7-2-1-3-7/h4-7,10,14H,1-3,12H2. The van der Waals surface area contributed by atoms with Crippen molar-refractivity contribution in [1.82, 2.24) is 10.4 Å². The van der Waals surface area contributed by atoms with Crippen molar-refractivity contribution < 1.29 is 0 Å². The van der Waals surface area contributed by atoms with Crippen molar-refractivity contribution in [3.8, 4) is 0 Å². The fourth-order valence-electron chi connectivity index (χ4n) is 1.81. The number of hydrogen-bond acceptors (Lipinski definition) is 3. The molecule has 1 atom stereocenters. The first-order chi connectivity index (χ1) is 6.81. The van der Waals surface area contributed by atoms with Crippen LogP contribution >= 0.6 is 15.9 Å². The van der Waals surface area contributed by atoms with Crippen molar-refractivity contribution in [3.63, 3.8) is 0 Å². The SMILES string of the molecule is NNC(c1ccc(Br)cn1)C1CCC1. The molecule has 1 aliphatic carbocycles. The van der Waals surface area contributed by atoms with Crippen LogP contribution in [0.1, 0.15) is 31.0 Å². The molecule has 0 amide bonds. The molecule has 0 aromatic carbocycles. The van der Waals surface area contributed by atoms with Crippen LogP contribution in [0.4, 0.5) is 0 Å². The maximum absolute atomic E-state index is 5.55. The predicted octanol–water partition coefficient (Wildman–Crippen LogP) is 2.15. The molecule has 3 nitrogen and oxygen atoms in total. The third kappa shape index (κ3) is 1.97. The molecule has 14 heavy (non-hydrogen) atoms. The Morgan fingerprint density at radius 2 is 2.29 bits per heavy atom. The fraction of sp³-hybridized carbons (Fsp3) is 0.500. The fourth-order valence-corrected chi connectivity index (χ4v) is 2.04. The van der Waals surface area contributed by atoms with Crippen LogP contribution < -0.4 is 11.3 Å². The van der Waals surface area contributed by atoms with E-state index in [-0.39, 0.29) is 6.04 Å². The van der Waals surface area contributed by atoms with Crippen LogP contribution in [0.25, 0.3) is 0 Å². The lowest BCUT2D eigenvalue weighted by Crippen LogP contribution is -2.36. The van der Waals surface area contributed by atoms with E-state index in [1.807, 2.05) is 18.3 Å². The van der Waals surface area contributed by atoms with Crippen molar-refractivity contribution in [3.05, 3.63) is 28.5 Å². The second-order valence-electron chi connectivity index (χ2n) is 3.74. The number of aromatic nitrogens is 1. The zero-order chi connectivity index (χ0) is 9.97. The molecule has 1 aromatic rings. The maximum atomic E-state index is 5.55. The van der Waals surface area contributed by atoms with E-state index in [1.54, 1.807) is 0 Å². The van der Waals surface area contributed by atoms with Crippen LogP contribution in [0, 0.1) is 5.92 Å². The molecule has 2 rings (SSSR count). The van der Waals surface area contributed by atoms with E-state index in [4.69, 9.17) is 5.84 Å². The number of nitrogens with zero attached hydrogens (tertiary/aromatic N) is 1. The van der Waals surface area contributed by atoms with Gasteiger partial charge in [-0.3, -0.25) is 16.3 Å². The smallest absolute Gasteiger partial charge is 0.0660 e. The van der Waals surface area contributed by atoms with Crippen molar-refractivity contribution >= 4 is 15.9 Å². The van der Waals surface area contributed by atoms with Gasteiger partial charge in [-0.15, -0.1) is 0 Å². The summed E-state index contributed by atoms with van der Waals surface area (Å²) in [6, 6.07) is 4.25. The van der Waals surface area contributed by atoms with Crippen LogP contribution in [-0.2, 0) is 0 Å². The molecule has 1 unspecified atom stereocenters. The summed E-state index contributed by atoms with van der Waals surface area (Å²) in [4.78, 5) is 4.36. The molecule has 0 aliphatic heterocycles. The zero-order valence-electron chi connectivity index (χ0n) is 7.91. The summed E-state index contributed by atoms with van der Waals surface area (Å²) in [5.41, 5.74) is 3.90. The molecule has 3 N–H and O–H groups in total. The summed E-state index contributed by atoms with van der Waals surface area (Å²) < 4.78 is 1.01. The average Bonchev–Trinajstić information content (AvgIpc) is 2.13. The Bertz CT molecular complexity index is 295. The van der Waals surface area contributed by atoms with Gasteiger partial charge in [-0.05, 0) is 46.8 Å². The number of nitrogens with one attached hydrogen (secondary N) is 1. The van der Waals surface area contributed by atoms with Gasteiger partial charge in [0, 0.05) is 10.7 Å². The first-order valence-electron chi connectivity index (χ1n) is 4.89. The van der Waals surface area contributed by atoms with Crippen LogP contribution in [0.15, 0.2) is 22.8 Å². The molecule has 1 aromatic heterocycles. The molecular weight excluding hydrogens is 242 g/mol. The van der Waals surface area contributed by atoms with Gasteiger partial charge >= 0.3 is 0 Å². The number of hydrazine groups is 1. The van der Waals surface area contributed by atoms with Crippen LogP contribution in [0.2, 0.25) is 0 Å². The van der Waals surface area contributed by atoms with E-state index in [2.05, 4.69) is 26.3 Å². The highest BCUT2D eigenvalue weighted by molar-refractivity contribution is 9.10. The first kappa shape index (κ1) is 10.1. The van der Waals surface area contributed by atoms with Gasteiger partial charge in [0.25, 0.3) is 0 Å².